The first-order valence-corrected chi connectivity index (χ1v) is 22.0. The van der Waals surface area contributed by atoms with Gasteiger partial charge in [-0.2, -0.15) is 0 Å². The molecular weight excluding hydrogens is 789 g/mol. The van der Waals surface area contributed by atoms with Crippen molar-refractivity contribution in [3.8, 4) is 11.6 Å². The van der Waals surface area contributed by atoms with Crippen LogP contribution in [-0.4, -0.2) is 95.3 Å². The van der Waals surface area contributed by atoms with Gasteiger partial charge in [-0.15, -0.1) is 0 Å². The summed E-state index contributed by atoms with van der Waals surface area (Å²) < 4.78 is 73.9. The molecule has 17 heteroatoms. The first kappa shape index (κ1) is 44.0. The maximum Gasteiger partial charge on any atom is 0.408 e. The molecule has 4 amide bonds. The van der Waals surface area contributed by atoms with Crippen molar-refractivity contribution in [3.63, 3.8) is 0 Å². The highest BCUT2D eigenvalue weighted by Gasteiger charge is 2.63. The number of sulfonamides is 1. The number of carbonyl (C=O) groups is 4. The van der Waals surface area contributed by atoms with E-state index in [0.29, 0.717) is 63.2 Å². The molecule has 6 rings (SSSR count). The van der Waals surface area contributed by atoms with Gasteiger partial charge in [-0.05, 0) is 108 Å². The highest BCUT2D eigenvalue weighted by atomic mass is 32.2. The zero-order valence-corrected chi connectivity index (χ0v) is 35.6. The number of hydrogen-bond donors (Lipinski definition) is 3. The Morgan fingerprint density at radius 2 is 1.83 bits per heavy atom. The fourth-order valence-electron chi connectivity index (χ4n) is 7.93. The first-order chi connectivity index (χ1) is 27.6. The van der Waals surface area contributed by atoms with Crippen LogP contribution >= 0.6 is 0 Å². The summed E-state index contributed by atoms with van der Waals surface area (Å²) in [7, 11) is -4.05. The average molecular weight is 846 g/mol. The quantitative estimate of drug-likeness (QED) is 0.235. The summed E-state index contributed by atoms with van der Waals surface area (Å²) in [4.78, 5) is 62.7. The number of fused-ring (bicyclic) bond motifs is 3. The lowest BCUT2D eigenvalue weighted by Gasteiger charge is -2.35. The smallest absolute Gasteiger partial charge is 0.408 e. The van der Waals surface area contributed by atoms with Gasteiger partial charge < -0.3 is 29.7 Å². The fourth-order valence-corrected chi connectivity index (χ4v) is 9.24. The number of amides is 4. The van der Waals surface area contributed by atoms with E-state index < -0.39 is 85.7 Å². The van der Waals surface area contributed by atoms with Gasteiger partial charge in [-0.25, -0.2) is 27.0 Å². The van der Waals surface area contributed by atoms with Gasteiger partial charge in [0.15, 0.2) is 5.60 Å². The van der Waals surface area contributed by atoms with E-state index in [4.69, 9.17) is 14.2 Å². The second kappa shape index (κ2) is 16.5. The number of hydrogen-bond acceptors (Lipinski definition) is 10. The number of aromatic nitrogens is 1. The van der Waals surface area contributed by atoms with E-state index in [0.717, 1.165) is 19.2 Å². The Morgan fingerprint density at radius 3 is 2.49 bits per heavy atom. The van der Waals surface area contributed by atoms with Gasteiger partial charge >= 0.3 is 6.09 Å². The second-order valence-electron chi connectivity index (χ2n) is 17.5. The molecule has 2 aliphatic heterocycles. The van der Waals surface area contributed by atoms with Crippen molar-refractivity contribution in [1.29, 1.82) is 0 Å². The van der Waals surface area contributed by atoms with Crippen molar-refractivity contribution in [2.75, 3.05) is 13.2 Å². The maximum absolute atomic E-state index is 15.0. The Kier molecular flexibility index (Phi) is 12.3. The summed E-state index contributed by atoms with van der Waals surface area (Å²) in [6.07, 6.45) is 6.30. The Bertz CT molecular complexity index is 2090. The minimum absolute atomic E-state index is 0.0295. The molecule has 0 unspecified atom stereocenters. The molecule has 3 fully saturated rings. The lowest BCUT2D eigenvalue weighted by atomic mass is 9.85. The summed E-state index contributed by atoms with van der Waals surface area (Å²) in [5.74, 6) is -5.73. The molecule has 0 spiro atoms. The highest BCUT2D eigenvalue weighted by Crippen LogP contribution is 2.48. The summed E-state index contributed by atoms with van der Waals surface area (Å²) in [5.41, 5.74) is -3.82. The van der Waals surface area contributed by atoms with Gasteiger partial charge in [-0.3, -0.25) is 19.1 Å². The van der Waals surface area contributed by atoms with Crippen LogP contribution in [0, 0.1) is 17.8 Å². The zero-order chi connectivity index (χ0) is 43.1. The lowest BCUT2D eigenvalue weighted by molar-refractivity contribution is -0.152. The van der Waals surface area contributed by atoms with Gasteiger partial charge in [0.25, 0.3) is 11.8 Å². The molecule has 4 aliphatic rings. The number of alkyl halides is 2. The van der Waals surface area contributed by atoms with Crippen LogP contribution in [0.4, 0.5) is 13.6 Å². The molecule has 1 aromatic carbocycles. The normalized spacial score (nSPS) is 29.1. The summed E-state index contributed by atoms with van der Waals surface area (Å²) in [5, 5.41) is 6.89. The van der Waals surface area contributed by atoms with Crippen LogP contribution in [0.3, 0.4) is 0 Å². The van der Waals surface area contributed by atoms with Gasteiger partial charge in [0.1, 0.15) is 29.5 Å². The zero-order valence-electron chi connectivity index (χ0n) is 34.8. The van der Waals surface area contributed by atoms with Crippen molar-refractivity contribution in [3.05, 3.63) is 42.6 Å². The van der Waals surface area contributed by atoms with Crippen LogP contribution in [-0.2, 0) is 29.1 Å². The number of pyridine rings is 1. The minimum atomic E-state index is -4.05. The molecule has 324 valence electrons. The molecule has 1 saturated heterocycles. The number of nitrogens with zero attached hydrogens (tertiary/aromatic N) is 2. The maximum atomic E-state index is 15.0. The van der Waals surface area contributed by atoms with E-state index in [1.807, 2.05) is 39.0 Å². The molecular formula is C42H57F2N5O9S. The number of ether oxygens (including phenoxy) is 3. The molecule has 14 nitrogen and oxygen atoms in total. The van der Waals surface area contributed by atoms with E-state index in [2.05, 4.69) is 20.3 Å². The topological polar surface area (TPSA) is 182 Å². The van der Waals surface area contributed by atoms with Crippen molar-refractivity contribution in [2.45, 2.75) is 140 Å². The van der Waals surface area contributed by atoms with Gasteiger partial charge in [0.05, 0.1) is 17.9 Å². The Balaban J connectivity index is 1.36. The number of carbonyl (C=O) groups excluding carboxylic acids is 4. The number of nitrogens with one attached hydrogen (secondary N) is 3. The number of halogens is 2. The molecule has 2 aromatic rings. The molecule has 2 saturated carbocycles. The number of rotatable bonds is 11. The lowest BCUT2D eigenvalue weighted by Crippen LogP contribution is -2.60. The van der Waals surface area contributed by atoms with Crippen LogP contribution < -0.4 is 24.8 Å². The third kappa shape index (κ3) is 9.29. The molecule has 2 aliphatic carbocycles. The van der Waals surface area contributed by atoms with Crippen molar-refractivity contribution >= 4 is 44.6 Å². The van der Waals surface area contributed by atoms with Crippen molar-refractivity contribution in [2.24, 2.45) is 17.8 Å². The van der Waals surface area contributed by atoms with E-state index in [-0.39, 0.29) is 31.2 Å². The molecule has 3 N–H and O–H groups in total. The van der Waals surface area contributed by atoms with Crippen molar-refractivity contribution < 1.29 is 50.6 Å². The van der Waals surface area contributed by atoms with E-state index in [9.17, 15) is 36.4 Å². The summed E-state index contributed by atoms with van der Waals surface area (Å²) in [6.45, 7) is 10.4. The van der Waals surface area contributed by atoms with Crippen LogP contribution in [0.5, 0.6) is 11.6 Å². The van der Waals surface area contributed by atoms with Crippen LogP contribution in [0.2, 0.25) is 0 Å². The van der Waals surface area contributed by atoms with E-state index >= 15 is 0 Å². The van der Waals surface area contributed by atoms with Gasteiger partial charge in [0, 0.05) is 30.8 Å². The Labute approximate surface area is 344 Å². The number of benzene rings is 1. The summed E-state index contributed by atoms with van der Waals surface area (Å²) >= 11 is 0. The summed E-state index contributed by atoms with van der Waals surface area (Å²) in [6, 6.07) is 4.67. The predicted octanol–water partition coefficient (Wildman–Crippen LogP) is 5.79. The van der Waals surface area contributed by atoms with Crippen molar-refractivity contribution in [1.82, 2.24) is 25.2 Å². The van der Waals surface area contributed by atoms with Crippen LogP contribution in [0.1, 0.15) is 99.8 Å². The minimum Gasteiger partial charge on any atom is -0.494 e. The third-order valence-corrected chi connectivity index (χ3v) is 14.7. The number of allylic oxidation sites excluding steroid dienone is 1. The van der Waals surface area contributed by atoms with E-state index in [1.54, 1.807) is 31.3 Å². The standard InChI is InChI=1S/C42H57F2N5O9S/c1-8-26-20-25(3)12-10-11-13-28-23-42(28,37(52)48-59(54,55)40(6)17-18-40)47-34(50)32-22-30(57-35-31-15-14-29(56-9-2)21-27(31)16-19-45-35)24-49(32)36(51)33(26)46-38(53)58-39(4,5)41(7,43)44/h11,13-16,19,21,25-26,28,30,32-33H,8-10,12,17-18,20,22-24H2,1-7H3,(H,46,53)(H,47,50)(H,48,52)/b13-11-/t25-,26-,28-,30-,32+,33+,42-/m1/s1. The monoisotopic (exact) mass is 845 g/mol. The van der Waals surface area contributed by atoms with Crippen LogP contribution in [0.15, 0.2) is 42.6 Å². The molecule has 0 bridgehead atoms. The average Bonchev–Trinajstić information content (AvgIpc) is 4.04. The highest BCUT2D eigenvalue weighted by molar-refractivity contribution is 7.91. The molecule has 0 radical (unpaired) electrons. The van der Waals surface area contributed by atoms with Gasteiger partial charge in [0.2, 0.25) is 27.7 Å². The molecule has 1 aromatic heterocycles. The molecule has 7 atom stereocenters. The predicted molar refractivity (Wildman–Crippen MR) is 215 cm³/mol. The second-order valence-corrected chi connectivity index (χ2v) is 19.7. The third-order valence-electron chi connectivity index (χ3n) is 12.6. The van der Waals surface area contributed by atoms with Gasteiger partial charge in [-0.1, -0.05) is 32.4 Å². The molecule has 3 heterocycles. The number of alkyl carbamates (subject to hydrolysis) is 1. The Hall–Kier alpha value is -4.54. The first-order valence-electron chi connectivity index (χ1n) is 20.5. The van der Waals surface area contributed by atoms with Crippen LogP contribution in [0.25, 0.3) is 10.8 Å². The molecule has 59 heavy (non-hydrogen) atoms. The Morgan fingerprint density at radius 1 is 1.10 bits per heavy atom. The largest absolute Gasteiger partial charge is 0.494 e. The van der Waals surface area contributed by atoms with E-state index in [1.165, 1.54) is 4.90 Å². The fraction of sp³-hybridized carbons (Fsp3) is 0.643. The SMILES string of the molecule is CCOc1ccc2c(O[C@@H]3C[C@H]4C(=O)N[C@]5(C(=O)NS(=O)(=O)C6(C)CC6)C[C@H]5/C=C\CC[C@@H](C)C[C@@H](CC)[C@H](NC(=O)OC(C)(C)C(C)(F)F)C(=O)N4C3)nccc2c1.